The number of carboxylic acid groups (broad SMARTS) is 1. The van der Waals surface area contributed by atoms with E-state index in [1.165, 1.54) is 0 Å². The van der Waals surface area contributed by atoms with Crippen LogP contribution in [0, 0.1) is 11.6 Å². The predicted molar refractivity (Wildman–Crippen MR) is 82.3 cm³/mol. The van der Waals surface area contributed by atoms with Crippen molar-refractivity contribution in [1.29, 1.82) is 0 Å². The van der Waals surface area contributed by atoms with E-state index >= 15 is 0 Å². The van der Waals surface area contributed by atoms with E-state index in [9.17, 15) is 27.1 Å². The number of sulfonamides is 1. The summed E-state index contributed by atoms with van der Waals surface area (Å²) >= 11 is 0. The minimum Gasteiger partial charge on any atom is -0.478 e. The molecule has 0 amide bonds. The molecule has 1 aromatic rings. The number of halogens is 2. The molecule has 25 heavy (non-hydrogen) atoms. The Hall–Kier alpha value is -2.04. The first kappa shape index (κ1) is 17.8. The molecule has 1 unspecified atom stereocenters. The molecule has 2 aliphatic rings. The molecule has 136 valence electrons. The van der Waals surface area contributed by atoms with Gasteiger partial charge in [0.15, 0.2) is 5.79 Å². The highest BCUT2D eigenvalue weighted by molar-refractivity contribution is 7.93. The summed E-state index contributed by atoms with van der Waals surface area (Å²) in [4.78, 5) is 11.5. The van der Waals surface area contributed by atoms with Crippen LogP contribution in [0.5, 0.6) is 0 Å². The Morgan fingerprint density at radius 1 is 1.28 bits per heavy atom. The standard InChI is InChI=1S/C15H15F2NO6S/c16-9-1-2-11(17)12(7-9)18-25(21,22)13-3-4-15(23-5-6-24-15)8-10(13)14(19)20/h1-2,7-8,13,18H,3-6H2,(H,19,20). The quantitative estimate of drug-likeness (QED) is 0.829. The van der Waals surface area contributed by atoms with Crippen molar-refractivity contribution in [3.8, 4) is 0 Å². The molecule has 0 radical (unpaired) electrons. The summed E-state index contributed by atoms with van der Waals surface area (Å²) in [6.45, 7) is 0.543. The van der Waals surface area contributed by atoms with Gasteiger partial charge in [-0.25, -0.2) is 22.0 Å². The Bertz CT molecular complexity index is 832. The number of hydrogen-bond acceptors (Lipinski definition) is 5. The summed E-state index contributed by atoms with van der Waals surface area (Å²) in [6, 6.07) is 2.30. The smallest absolute Gasteiger partial charge is 0.332 e. The summed E-state index contributed by atoms with van der Waals surface area (Å²) in [6.07, 6.45) is 1.16. The minimum absolute atomic E-state index is 0.107. The van der Waals surface area contributed by atoms with Crippen molar-refractivity contribution in [2.75, 3.05) is 17.9 Å². The van der Waals surface area contributed by atoms with E-state index in [1.807, 2.05) is 4.72 Å². The Labute approximate surface area is 142 Å². The normalized spacial score (nSPS) is 22.6. The molecular formula is C15H15F2NO6S. The van der Waals surface area contributed by atoms with Crippen LogP contribution in [0.25, 0.3) is 0 Å². The molecule has 10 heteroatoms. The van der Waals surface area contributed by atoms with Gasteiger partial charge in [-0.2, -0.15) is 0 Å². The number of carbonyl (C=O) groups is 1. The van der Waals surface area contributed by atoms with Crippen LogP contribution >= 0.6 is 0 Å². The number of rotatable bonds is 4. The summed E-state index contributed by atoms with van der Waals surface area (Å²) in [5.41, 5.74) is -1.02. The van der Waals surface area contributed by atoms with E-state index in [1.54, 1.807) is 0 Å². The van der Waals surface area contributed by atoms with Crippen LogP contribution < -0.4 is 4.72 Å². The van der Waals surface area contributed by atoms with Gasteiger partial charge in [0.2, 0.25) is 10.0 Å². The molecule has 1 aliphatic carbocycles. The number of carboxylic acids is 1. The van der Waals surface area contributed by atoms with Crippen LogP contribution in [0.2, 0.25) is 0 Å². The average molecular weight is 375 g/mol. The molecule has 2 N–H and O–H groups in total. The molecule has 0 bridgehead atoms. The number of ether oxygens (including phenoxy) is 2. The Morgan fingerprint density at radius 2 is 1.96 bits per heavy atom. The summed E-state index contributed by atoms with van der Waals surface area (Å²) in [7, 11) is -4.33. The molecule has 1 atom stereocenters. The SMILES string of the molecule is O=C(O)C1=CC2(CCC1S(=O)(=O)Nc1cc(F)ccc1F)OCCO2. The third-order valence-corrected chi connectivity index (χ3v) is 5.80. The van der Waals surface area contributed by atoms with Gasteiger partial charge in [-0.1, -0.05) is 0 Å². The van der Waals surface area contributed by atoms with E-state index < -0.39 is 49.9 Å². The maximum absolute atomic E-state index is 13.7. The number of hydrogen-bond donors (Lipinski definition) is 2. The number of nitrogens with one attached hydrogen (secondary N) is 1. The molecule has 0 aromatic heterocycles. The summed E-state index contributed by atoms with van der Waals surface area (Å²) < 4.78 is 64.7. The lowest BCUT2D eigenvalue weighted by Crippen LogP contribution is -2.42. The van der Waals surface area contributed by atoms with Crippen LogP contribution in [0.4, 0.5) is 14.5 Å². The second-order valence-corrected chi connectivity index (χ2v) is 7.58. The van der Waals surface area contributed by atoms with Crippen LogP contribution in [-0.2, 0) is 24.3 Å². The zero-order chi connectivity index (χ0) is 18.2. The van der Waals surface area contributed by atoms with Gasteiger partial charge in [0.25, 0.3) is 0 Å². The zero-order valence-electron chi connectivity index (χ0n) is 12.9. The van der Waals surface area contributed by atoms with Crippen LogP contribution in [0.1, 0.15) is 12.8 Å². The molecule has 0 saturated carbocycles. The lowest BCUT2D eigenvalue weighted by Gasteiger charge is -2.32. The van der Waals surface area contributed by atoms with Crippen molar-refractivity contribution < 1.29 is 36.6 Å². The maximum Gasteiger partial charge on any atom is 0.332 e. The molecule has 3 rings (SSSR count). The molecule has 1 heterocycles. The van der Waals surface area contributed by atoms with Gasteiger partial charge in [-0.3, -0.25) is 4.72 Å². The van der Waals surface area contributed by atoms with Gasteiger partial charge in [0, 0.05) is 12.5 Å². The van der Waals surface area contributed by atoms with Crippen molar-refractivity contribution in [3.63, 3.8) is 0 Å². The number of benzene rings is 1. The molecular weight excluding hydrogens is 360 g/mol. The van der Waals surface area contributed by atoms with Crippen molar-refractivity contribution in [3.05, 3.63) is 41.5 Å². The maximum atomic E-state index is 13.7. The monoisotopic (exact) mass is 375 g/mol. The molecule has 1 spiro atoms. The van der Waals surface area contributed by atoms with Crippen molar-refractivity contribution in [1.82, 2.24) is 0 Å². The first-order chi connectivity index (χ1) is 11.7. The molecule has 1 fully saturated rings. The van der Waals surface area contributed by atoms with Crippen LogP contribution in [0.3, 0.4) is 0 Å². The third kappa shape index (κ3) is 3.51. The van der Waals surface area contributed by atoms with Crippen molar-refractivity contribution >= 4 is 21.7 Å². The van der Waals surface area contributed by atoms with E-state index in [0.717, 1.165) is 18.2 Å². The van der Waals surface area contributed by atoms with Gasteiger partial charge in [-0.15, -0.1) is 0 Å². The largest absolute Gasteiger partial charge is 0.478 e. The summed E-state index contributed by atoms with van der Waals surface area (Å²) in [5.74, 6) is -4.50. The van der Waals surface area contributed by atoms with E-state index in [2.05, 4.69) is 0 Å². The van der Waals surface area contributed by atoms with Gasteiger partial charge in [0.1, 0.15) is 16.9 Å². The Morgan fingerprint density at radius 3 is 2.60 bits per heavy atom. The zero-order valence-corrected chi connectivity index (χ0v) is 13.7. The predicted octanol–water partition coefficient (Wildman–Crippen LogP) is 1.62. The summed E-state index contributed by atoms with van der Waals surface area (Å²) in [5, 5.41) is 7.92. The first-order valence-corrected chi connectivity index (χ1v) is 8.98. The van der Waals surface area contributed by atoms with E-state index in [0.29, 0.717) is 6.07 Å². The van der Waals surface area contributed by atoms with Gasteiger partial charge >= 0.3 is 5.97 Å². The Kier molecular flexibility index (Phi) is 4.52. The number of aliphatic carboxylic acids is 1. The second-order valence-electron chi connectivity index (χ2n) is 5.71. The molecule has 7 nitrogen and oxygen atoms in total. The molecule has 1 aromatic carbocycles. The topological polar surface area (TPSA) is 102 Å². The highest BCUT2D eigenvalue weighted by Crippen LogP contribution is 2.37. The highest BCUT2D eigenvalue weighted by Gasteiger charge is 2.45. The second kappa shape index (κ2) is 6.36. The van der Waals surface area contributed by atoms with Gasteiger partial charge in [-0.05, 0) is 24.6 Å². The fraction of sp³-hybridized carbons (Fsp3) is 0.400. The lowest BCUT2D eigenvalue weighted by molar-refractivity contribution is -0.138. The average Bonchev–Trinajstić information content (AvgIpc) is 2.98. The molecule has 1 aliphatic heterocycles. The first-order valence-electron chi connectivity index (χ1n) is 7.43. The fourth-order valence-electron chi connectivity index (χ4n) is 2.91. The van der Waals surface area contributed by atoms with Crippen LogP contribution in [0.15, 0.2) is 29.8 Å². The van der Waals surface area contributed by atoms with Crippen molar-refractivity contribution in [2.24, 2.45) is 0 Å². The third-order valence-electron chi connectivity index (χ3n) is 4.06. The number of anilines is 1. The van der Waals surface area contributed by atoms with Gasteiger partial charge in [0.05, 0.1) is 24.5 Å². The van der Waals surface area contributed by atoms with E-state index in [-0.39, 0.29) is 26.1 Å². The fourth-order valence-corrected chi connectivity index (χ4v) is 4.45. The van der Waals surface area contributed by atoms with Crippen molar-refractivity contribution in [2.45, 2.75) is 23.9 Å². The lowest BCUT2D eigenvalue weighted by atomic mass is 9.94. The highest BCUT2D eigenvalue weighted by atomic mass is 32.2. The van der Waals surface area contributed by atoms with Gasteiger partial charge < -0.3 is 14.6 Å². The minimum atomic E-state index is -4.33. The van der Waals surface area contributed by atoms with E-state index in [4.69, 9.17) is 9.47 Å². The van der Waals surface area contributed by atoms with Crippen LogP contribution in [-0.4, -0.2) is 43.7 Å². The Balaban J connectivity index is 1.93. The molecule has 1 saturated heterocycles.